The third-order valence-electron chi connectivity index (χ3n) is 7.07. The molecule has 3 aromatic rings. The number of benzene rings is 2. The lowest BCUT2D eigenvalue weighted by Crippen LogP contribution is -2.49. The van der Waals surface area contributed by atoms with Crippen molar-refractivity contribution >= 4 is 28.5 Å². The van der Waals surface area contributed by atoms with Gasteiger partial charge in [0.15, 0.2) is 5.78 Å². The van der Waals surface area contributed by atoms with E-state index in [2.05, 4.69) is 22.9 Å². The molecule has 0 radical (unpaired) electrons. The van der Waals surface area contributed by atoms with Crippen molar-refractivity contribution in [1.29, 1.82) is 5.41 Å². The van der Waals surface area contributed by atoms with Crippen LogP contribution in [0.3, 0.4) is 0 Å². The maximum Gasteiger partial charge on any atom is 0.338 e. The predicted octanol–water partition coefficient (Wildman–Crippen LogP) is 3.99. The van der Waals surface area contributed by atoms with E-state index in [-0.39, 0.29) is 24.0 Å². The number of ketones is 1. The summed E-state index contributed by atoms with van der Waals surface area (Å²) in [5.74, 6) is -0.216. The fourth-order valence-electron chi connectivity index (χ4n) is 5.22. The highest BCUT2D eigenvalue weighted by atomic mass is 16.5. The Hall–Kier alpha value is -3.45. The molecular weight excluding hydrogens is 440 g/mol. The summed E-state index contributed by atoms with van der Waals surface area (Å²) in [5, 5.41) is 12.4. The van der Waals surface area contributed by atoms with E-state index in [9.17, 15) is 9.59 Å². The van der Waals surface area contributed by atoms with E-state index in [4.69, 9.17) is 15.9 Å². The van der Waals surface area contributed by atoms with E-state index in [1.807, 2.05) is 30.3 Å². The standard InChI is InChI=1S/C28H34N4O3/c1-3-32-22(16-20-10-11-21(26(29)30)17-24(20)32)12-14-28(13-7-15-31-28)25(33)18-19-8-5-6-9-23(19)27(34)35-4-2/h5-6,8-11,16-17,31H,3-4,7,12-15,18H2,1-2H3,(H3,29,30)/t28-/m0/s1. The monoisotopic (exact) mass is 474 g/mol. The smallest absolute Gasteiger partial charge is 0.338 e. The lowest BCUT2D eigenvalue weighted by atomic mass is 9.83. The molecule has 0 spiro atoms. The van der Waals surface area contributed by atoms with Crippen LogP contribution in [0.15, 0.2) is 48.5 Å². The van der Waals surface area contributed by atoms with Gasteiger partial charge in [-0.25, -0.2) is 4.79 Å². The Kier molecular flexibility index (Phi) is 7.36. The summed E-state index contributed by atoms with van der Waals surface area (Å²) in [5.41, 5.74) is 9.19. The summed E-state index contributed by atoms with van der Waals surface area (Å²) in [6.07, 6.45) is 3.36. The molecule has 1 aliphatic rings. The van der Waals surface area contributed by atoms with Gasteiger partial charge in [0.1, 0.15) is 5.84 Å². The van der Waals surface area contributed by atoms with Crippen LogP contribution >= 0.6 is 0 Å². The molecule has 0 saturated carbocycles. The van der Waals surface area contributed by atoms with Gasteiger partial charge in [0.2, 0.25) is 0 Å². The van der Waals surface area contributed by atoms with Gasteiger partial charge in [-0.2, -0.15) is 0 Å². The zero-order chi connectivity index (χ0) is 25.0. The summed E-state index contributed by atoms with van der Waals surface area (Å²) in [4.78, 5) is 26.1. The molecule has 0 unspecified atom stereocenters. The van der Waals surface area contributed by atoms with Crippen LogP contribution in [0.25, 0.3) is 10.9 Å². The van der Waals surface area contributed by atoms with Crippen LogP contribution in [-0.4, -0.2) is 40.8 Å². The Morgan fingerprint density at radius 2 is 1.97 bits per heavy atom. The SMILES string of the molecule is CCOC(=O)c1ccccc1CC(=O)[C@@]1(CCc2cc3ccc(C(=N)N)cc3n2CC)CCCN1. The molecule has 2 heterocycles. The second-order valence-corrected chi connectivity index (χ2v) is 9.16. The van der Waals surface area contributed by atoms with E-state index in [1.54, 1.807) is 19.1 Å². The number of carbonyl (C=O) groups is 2. The lowest BCUT2D eigenvalue weighted by Gasteiger charge is -2.29. The van der Waals surface area contributed by atoms with Gasteiger partial charge in [0.25, 0.3) is 0 Å². The van der Waals surface area contributed by atoms with Gasteiger partial charge < -0.3 is 20.4 Å². The summed E-state index contributed by atoms with van der Waals surface area (Å²) >= 11 is 0. The highest BCUT2D eigenvalue weighted by Gasteiger charge is 2.40. The number of ether oxygens (including phenoxy) is 1. The number of esters is 1. The molecule has 4 rings (SSSR count). The Morgan fingerprint density at radius 1 is 1.17 bits per heavy atom. The second-order valence-electron chi connectivity index (χ2n) is 9.16. The molecule has 2 aromatic carbocycles. The highest BCUT2D eigenvalue weighted by molar-refractivity contribution is 5.99. The summed E-state index contributed by atoms with van der Waals surface area (Å²) in [7, 11) is 0. The molecule has 7 heteroatoms. The Morgan fingerprint density at radius 3 is 2.66 bits per heavy atom. The van der Waals surface area contributed by atoms with Crippen molar-refractivity contribution in [2.24, 2.45) is 5.73 Å². The third kappa shape index (κ3) is 5.00. The maximum absolute atomic E-state index is 13.7. The van der Waals surface area contributed by atoms with Gasteiger partial charge in [0, 0.05) is 29.7 Å². The van der Waals surface area contributed by atoms with E-state index in [0.717, 1.165) is 48.9 Å². The van der Waals surface area contributed by atoms with Crippen LogP contribution in [0.5, 0.6) is 0 Å². The van der Waals surface area contributed by atoms with Crippen molar-refractivity contribution in [3.8, 4) is 0 Å². The van der Waals surface area contributed by atoms with E-state index in [1.165, 1.54) is 0 Å². The Bertz CT molecular complexity index is 1250. The molecule has 1 fully saturated rings. The van der Waals surface area contributed by atoms with Crippen molar-refractivity contribution in [2.45, 2.75) is 58.0 Å². The van der Waals surface area contributed by atoms with Gasteiger partial charge in [-0.1, -0.05) is 30.3 Å². The topological polar surface area (TPSA) is 110 Å². The molecule has 7 nitrogen and oxygen atoms in total. The summed E-state index contributed by atoms with van der Waals surface area (Å²) in [6, 6.07) is 15.2. The zero-order valence-corrected chi connectivity index (χ0v) is 20.5. The minimum Gasteiger partial charge on any atom is -0.462 e. The van der Waals surface area contributed by atoms with Crippen molar-refractivity contribution in [1.82, 2.24) is 9.88 Å². The molecule has 0 bridgehead atoms. The first-order valence-corrected chi connectivity index (χ1v) is 12.4. The molecule has 0 aliphatic carbocycles. The molecule has 4 N–H and O–H groups in total. The number of rotatable bonds is 10. The maximum atomic E-state index is 13.7. The van der Waals surface area contributed by atoms with Gasteiger partial charge >= 0.3 is 5.97 Å². The zero-order valence-electron chi connectivity index (χ0n) is 20.5. The number of nitrogens with one attached hydrogen (secondary N) is 2. The predicted molar refractivity (Wildman–Crippen MR) is 138 cm³/mol. The summed E-state index contributed by atoms with van der Waals surface area (Å²) < 4.78 is 7.43. The van der Waals surface area contributed by atoms with E-state index < -0.39 is 5.54 Å². The Labute approximate surface area is 206 Å². The van der Waals surface area contributed by atoms with Crippen LogP contribution < -0.4 is 11.1 Å². The third-order valence-corrected chi connectivity index (χ3v) is 7.07. The van der Waals surface area contributed by atoms with Gasteiger partial charge in [0.05, 0.1) is 17.7 Å². The van der Waals surface area contributed by atoms with Crippen LogP contribution in [0.1, 0.15) is 60.3 Å². The van der Waals surface area contributed by atoms with Gasteiger partial charge in [-0.3, -0.25) is 10.2 Å². The number of fused-ring (bicyclic) bond motifs is 1. The van der Waals surface area contributed by atoms with Crippen molar-refractivity contribution < 1.29 is 14.3 Å². The Balaban J connectivity index is 1.57. The van der Waals surface area contributed by atoms with Crippen molar-refractivity contribution in [3.63, 3.8) is 0 Å². The largest absolute Gasteiger partial charge is 0.462 e. The molecule has 184 valence electrons. The molecule has 1 atom stereocenters. The fraction of sp³-hybridized carbons (Fsp3) is 0.393. The first-order chi connectivity index (χ1) is 16.9. The molecule has 35 heavy (non-hydrogen) atoms. The number of amidine groups is 1. The molecule has 1 saturated heterocycles. The minimum absolute atomic E-state index is 0.0557. The average molecular weight is 475 g/mol. The normalized spacial score (nSPS) is 17.5. The second kappa shape index (κ2) is 10.4. The average Bonchev–Trinajstić information content (AvgIpc) is 3.47. The quantitative estimate of drug-likeness (QED) is 0.234. The molecule has 1 aliphatic heterocycles. The molecule has 1 aromatic heterocycles. The fourth-order valence-corrected chi connectivity index (χ4v) is 5.22. The number of nitrogens with zero attached hydrogens (tertiary/aromatic N) is 1. The minimum atomic E-state index is -0.610. The highest BCUT2D eigenvalue weighted by Crippen LogP contribution is 2.30. The molecule has 0 amide bonds. The number of hydrogen-bond donors (Lipinski definition) is 3. The van der Waals surface area contributed by atoms with E-state index >= 15 is 0 Å². The molecular formula is C28H34N4O3. The van der Waals surface area contributed by atoms with Gasteiger partial charge in [-0.15, -0.1) is 0 Å². The summed E-state index contributed by atoms with van der Waals surface area (Å²) in [6.45, 7) is 5.78. The number of aromatic nitrogens is 1. The number of carbonyl (C=O) groups excluding carboxylic acids is 2. The van der Waals surface area contributed by atoms with Crippen molar-refractivity contribution in [2.75, 3.05) is 13.2 Å². The number of nitrogen functional groups attached to an aromatic ring is 1. The first-order valence-electron chi connectivity index (χ1n) is 12.4. The lowest BCUT2D eigenvalue weighted by molar-refractivity contribution is -0.124. The number of hydrogen-bond acceptors (Lipinski definition) is 5. The van der Waals surface area contributed by atoms with Gasteiger partial charge in [-0.05, 0) is 75.2 Å². The van der Waals surface area contributed by atoms with Crippen LogP contribution in [-0.2, 0) is 28.9 Å². The van der Waals surface area contributed by atoms with Crippen LogP contribution in [0.2, 0.25) is 0 Å². The van der Waals surface area contributed by atoms with Crippen LogP contribution in [0, 0.1) is 5.41 Å². The van der Waals surface area contributed by atoms with Crippen LogP contribution in [0.4, 0.5) is 0 Å². The number of aryl methyl sites for hydroxylation is 2. The number of nitrogens with two attached hydrogens (primary N) is 1. The van der Waals surface area contributed by atoms with Crippen molar-refractivity contribution in [3.05, 3.63) is 70.9 Å². The first kappa shape index (κ1) is 24.7. The van der Waals surface area contributed by atoms with E-state index in [0.29, 0.717) is 29.7 Å². The number of Topliss-reactive ketones (excluding diaryl/α,β-unsaturated/α-hetero) is 1.